The topological polar surface area (TPSA) is 83.5 Å². The van der Waals surface area contributed by atoms with Crippen molar-refractivity contribution < 1.29 is 27.4 Å². The molecule has 1 unspecified atom stereocenters. The Balaban J connectivity index is 1.06. The third-order valence-corrected chi connectivity index (χ3v) is 7.05. The van der Waals surface area contributed by atoms with Crippen molar-refractivity contribution in [3.05, 3.63) is 82.3 Å². The van der Waals surface area contributed by atoms with Crippen molar-refractivity contribution in [3.8, 4) is 11.5 Å². The van der Waals surface area contributed by atoms with Gasteiger partial charge in [0.15, 0.2) is 6.61 Å². The maximum absolute atomic E-state index is 13.2. The van der Waals surface area contributed by atoms with Gasteiger partial charge in [0.1, 0.15) is 23.3 Å². The number of halogens is 3. The van der Waals surface area contributed by atoms with Crippen molar-refractivity contribution in [3.63, 3.8) is 0 Å². The number of nitrogens with zero attached hydrogens (tertiary/aromatic N) is 3. The molecule has 2 aliphatic heterocycles. The summed E-state index contributed by atoms with van der Waals surface area (Å²) in [4.78, 5) is 27.5. The number of nitrogens with one attached hydrogen (secondary N) is 1. The van der Waals surface area contributed by atoms with Crippen LogP contribution in [0.2, 0.25) is 0 Å². The normalized spacial score (nSPS) is 17.2. The zero-order valence-electron chi connectivity index (χ0n) is 21.9. The molecule has 210 valence electrons. The monoisotopic (exact) mass is 554 g/mol. The number of nitroso groups, excluding NO2 is 1. The first-order valence-corrected chi connectivity index (χ1v) is 13.0. The molecule has 0 radical (unpaired) electrons. The van der Waals surface area contributed by atoms with Gasteiger partial charge in [-0.15, -0.1) is 4.91 Å². The average Bonchev–Trinajstić information content (AvgIpc) is 3.33. The maximum Gasteiger partial charge on any atom is 0.418 e. The second-order valence-electron chi connectivity index (χ2n) is 10.00. The molecule has 1 amide bonds. The Morgan fingerprint density at radius 1 is 1.02 bits per heavy atom. The summed E-state index contributed by atoms with van der Waals surface area (Å²) in [6, 6.07) is 16.0. The Labute approximate surface area is 229 Å². The number of hydrogen-bond donors (Lipinski definition) is 1. The van der Waals surface area contributed by atoms with Gasteiger partial charge in [0.2, 0.25) is 0 Å². The summed E-state index contributed by atoms with van der Waals surface area (Å²) >= 11 is 0. The lowest BCUT2D eigenvalue weighted by molar-refractivity contribution is -0.137. The second kappa shape index (κ2) is 11.5. The Hall–Kier alpha value is -4.12. The van der Waals surface area contributed by atoms with Crippen LogP contribution in [0.4, 0.5) is 30.2 Å². The number of rotatable bonds is 8. The molecule has 5 rings (SSSR count). The van der Waals surface area contributed by atoms with Crippen molar-refractivity contribution in [1.29, 1.82) is 0 Å². The molecule has 11 heteroatoms. The van der Waals surface area contributed by atoms with Gasteiger partial charge in [-0.1, -0.05) is 17.7 Å². The van der Waals surface area contributed by atoms with Gasteiger partial charge in [-0.2, -0.15) is 13.2 Å². The molecular weight excluding hydrogens is 525 g/mol. The van der Waals surface area contributed by atoms with Crippen LogP contribution in [0.25, 0.3) is 0 Å². The lowest BCUT2D eigenvalue weighted by Crippen LogP contribution is -2.51. The summed E-state index contributed by atoms with van der Waals surface area (Å²) < 4.78 is 51.2. The minimum Gasteiger partial charge on any atom is -0.488 e. The summed E-state index contributed by atoms with van der Waals surface area (Å²) in [7, 11) is 0. The van der Waals surface area contributed by atoms with Gasteiger partial charge in [0.25, 0.3) is 5.91 Å². The number of piperazine rings is 1. The second-order valence-corrected chi connectivity index (χ2v) is 10.00. The fourth-order valence-corrected chi connectivity index (χ4v) is 4.98. The molecule has 1 saturated heterocycles. The highest BCUT2D eigenvalue weighted by atomic mass is 19.4. The molecule has 0 aliphatic carbocycles. The fourth-order valence-electron chi connectivity index (χ4n) is 4.98. The predicted octanol–water partition coefficient (Wildman–Crippen LogP) is 5.68. The molecule has 0 saturated carbocycles. The Kier molecular flexibility index (Phi) is 7.92. The number of benzene rings is 3. The van der Waals surface area contributed by atoms with Crippen LogP contribution >= 0.6 is 0 Å². The maximum atomic E-state index is 13.2. The van der Waals surface area contributed by atoms with E-state index >= 15 is 0 Å². The Bertz CT molecular complexity index is 1370. The molecule has 1 fully saturated rings. The molecule has 2 heterocycles. The molecule has 2 aliphatic rings. The molecule has 0 spiro atoms. The highest BCUT2D eigenvalue weighted by molar-refractivity contribution is 5.78. The third kappa shape index (κ3) is 6.53. The molecule has 8 nitrogen and oxygen atoms in total. The Morgan fingerprint density at radius 3 is 2.45 bits per heavy atom. The number of anilines is 2. The van der Waals surface area contributed by atoms with Crippen molar-refractivity contribution >= 4 is 23.0 Å². The van der Waals surface area contributed by atoms with Crippen LogP contribution in [0.5, 0.6) is 11.5 Å². The number of ether oxygens (including phenoxy) is 2. The van der Waals surface area contributed by atoms with Gasteiger partial charge in [-0.3, -0.25) is 9.69 Å². The number of carbonyl (C=O) groups is 1. The number of aryl methyl sites for hydroxylation is 1. The van der Waals surface area contributed by atoms with Crippen LogP contribution in [0.3, 0.4) is 0 Å². The Morgan fingerprint density at radius 2 is 1.75 bits per heavy atom. The molecule has 0 bridgehead atoms. The van der Waals surface area contributed by atoms with Gasteiger partial charge >= 0.3 is 6.18 Å². The summed E-state index contributed by atoms with van der Waals surface area (Å²) in [6.07, 6.45) is -3.68. The minimum absolute atomic E-state index is 0.106. The van der Waals surface area contributed by atoms with Gasteiger partial charge in [-0.05, 0) is 66.2 Å². The number of amides is 1. The van der Waals surface area contributed by atoms with E-state index in [1.165, 1.54) is 17.2 Å². The highest BCUT2D eigenvalue weighted by Crippen LogP contribution is 2.38. The summed E-state index contributed by atoms with van der Waals surface area (Å²) in [5.41, 5.74) is 1.37. The van der Waals surface area contributed by atoms with Crippen molar-refractivity contribution in [1.82, 2.24) is 9.80 Å². The molecule has 1 N–H and O–H groups in total. The molecule has 3 aromatic rings. The highest BCUT2D eigenvalue weighted by Gasteiger charge is 2.34. The van der Waals surface area contributed by atoms with E-state index in [4.69, 9.17) is 9.47 Å². The zero-order valence-corrected chi connectivity index (χ0v) is 21.9. The van der Waals surface area contributed by atoms with Gasteiger partial charge in [0.05, 0.1) is 5.56 Å². The summed E-state index contributed by atoms with van der Waals surface area (Å²) in [5.74, 6) is 1.32. The quantitative estimate of drug-likeness (QED) is 0.361. The number of alkyl halides is 3. The summed E-state index contributed by atoms with van der Waals surface area (Å²) in [6.45, 7) is 5.55. The smallest absolute Gasteiger partial charge is 0.418 e. The lowest BCUT2D eigenvalue weighted by Gasteiger charge is -2.35. The van der Waals surface area contributed by atoms with Crippen molar-refractivity contribution in [2.75, 3.05) is 44.6 Å². The van der Waals surface area contributed by atoms with E-state index in [9.17, 15) is 22.9 Å². The first kappa shape index (κ1) is 27.4. The van der Waals surface area contributed by atoms with Crippen LogP contribution in [0, 0.1) is 11.8 Å². The van der Waals surface area contributed by atoms with E-state index in [2.05, 4.69) is 34.5 Å². The SMILES string of the molecule is Cc1ccc2c(c1)CC(CN1CCN(C(=O)COc3ccc(Nc4ccc(N=O)c(C(F)(F)F)c4)cc3)CC1)O2. The predicted molar refractivity (Wildman–Crippen MR) is 144 cm³/mol. The van der Waals surface area contributed by atoms with Crippen LogP contribution in [0.15, 0.2) is 65.8 Å². The van der Waals surface area contributed by atoms with Crippen LogP contribution < -0.4 is 14.8 Å². The minimum atomic E-state index is -4.70. The molecule has 40 heavy (non-hydrogen) atoms. The molecule has 1 atom stereocenters. The van der Waals surface area contributed by atoms with Gasteiger partial charge in [-0.25, -0.2) is 0 Å². The summed E-state index contributed by atoms with van der Waals surface area (Å²) in [5, 5.41) is 5.31. The lowest BCUT2D eigenvalue weighted by atomic mass is 10.1. The van der Waals surface area contributed by atoms with E-state index in [-0.39, 0.29) is 24.3 Å². The van der Waals surface area contributed by atoms with Crippen LogP contribution in [0.1, 0.15) is 16.7 Å². The van der Waals surface area contributed by atoms with Crippen LogP contribution in [-0.4, -0.2) is 61.1 Å². The van der Waals surface area contributed by atoms with E-state index in [1.807, 2.05) is 6.07 Å². The third-order valence-electron chi connectivity index (χ3n) is 7.05. The van der Waals surface area contributed by atoms with Gasteiger partial charge < -0.3 is 19.7 Å². The zero-order chi connectivity index (χ0) is 28.3. The average molecular weight is 555 g/mol. The first-order valence-electron chi connectivity index (χ1n) is 13.0. The number of fused-ring (bicyclic) bond motifs is 1. The van der Waals surface area contributed by atoms with Crippen LogP contribution in [-0.2, 0) is 17.4 Å². The first-order chi connectivity index (χ1) is 19.2. The molecular formula is C29H29F3N4O4. The standard InChI is InChI=1S/C29H29F3N4O4/c1-19-2-9-27-20(14-19)15-24(40-27)17-35-10-12-36(13-11-35)28(37)18-39-23-6-3-21(4-7-23)33-22-5-8-26(34-38)25(16-22)29(30,31)32/h2-9,14,16,24,33H,10-13,15,17-18H2,1H3. The van der Waals surface area contributed by atoms with E-state index in [0.717, 1.165) is 43.9 Å². The van der Waals surface area contributed by atoms with Crippen molar-refractivity contribution in [2.24, 2.45) is 5.18 Å². The van der Waals surface area contributed by atoms with E-state index in [0.29, 0.717) is 24.5 Å². The van der Waals surface area contributed by atoms with Gasteiger partial charge in [0, 0.05) is 50.5 Å². The number of carbonyl (C=O) groups excluding carboxylic acids is 1. The van der Waals surface area contributed by atoms with E-state index < -0.39 is 17.4 Å². The largest absolute Gasteiger partial charge is 0.488 e. The fraction of sp³-hybridized carbons (Fsp3) is 0.345. The number of hydrogen-bond acceptors (Lipinski definition) is 7. The van der Waals surface area contributed by atoms with E-state index in [1.54, 1.807) is 29.2 Å². The molecule has 3 aromatic carbocycles. The van der Waals surface area contributed by atoms with Crippen molar-refractivity contribution in [2.45, 2.75) is 25.6 Å². The molecule has 0 aromatic heterocycles.